The number of nitrogens with zero attached hydrogens (tertiary/aromatic N) is 2. The molecule has 1 aromatic heterocycles. The summed E-state index contributed by atoms with van der Waals surface area (Å²) in [4.78, 5) is 25.6. The molecule has 1 aliphatic rings. The average Bonchev–Trinajstić information content (AvgIpc) is 3.21. The quantitative estimate of drug-likeness (QED) is 0.302. The van der Waals surface area contributed by atoms with Crippen molar-refractivity contribution < 1.29 is 36.4 Å². The maximum atomic E-state index is 13.9. The van der Waals surface area contributed by atoms with Gasteiger partial charge in [0.05, 0.1) is 17.6 Å². The van der Waals surface area contributed by atoms with Crippen molar-refractivity contribution >= 4 is 28.8 Å². The number of hydrogen-bond acceptors (Lipinski definition) is 5. The number of rotatable bonds is 9. The van der Waals surface area contributed by atoms with Crippen LogP contribution < -0.4 is 15.4 Å². The van der Waals surface area contributed by atoms with Crippen molar-refractivity contribution in [3.05, 3.63) is 70.7 Å². The minimum Gasteiger partial charge on any atom is -0.616 e. The molecule has 13 heteroatoms. The number of fused-ring (bicyclic) bond motifs is 1. The molecule has 8 nitrogen and oxygen atoms in total. The largest absolute Gasteiger partial charge is 0.616 e. The third-order valence-electron chi connectivity index (χ3n) is 6.02. The molecule has 2 aromatic carbocycles. The molecule has 2 heterocycles. The van der Waals surface area contributed by atoms with E-state index in [0.29, 0.717) is 36.2 Å². The van der Waals surface area contributed by atoms with Crippen LogP contribution in [-0.4, -0.2) is 57.0 Å². The van der Waals surface area contributed by atoms with Crippen LogP contribution in [0.3, 0.4) is 0 Å². The van der Waals surface area contributed by atoms with Crippen molar-refractivity contribution in [2.24, 2.45) is 0 Å². The predicted molar refractivity (Wildman–Crippen MR) is 137 cm³/mol. The smallest absolute Gasteiger partial charge is 0.422 e. The number of benzene rings is 2. The average molecular weight is 567 g/mol. The highest BCUT2D eigenvalue weighted by atomic mass is 32.2. The van der Waals surface area contributed by atoms with Gasteiger partial charge in [-0.3, -0.25) is 9.59 Å². The van der Waals surface area contributed by atoms with E-state index in [0.717, 1.165) is 5.56 Å². The first kappa shape index (κ1) is 28.4. The Labute approximate surface area is 224 Å². The monoisotopic (exact) mass is 566 g/mol. The summed E-state index contributed by atoms with van der Waals surface area (Å²) in [5.41, 5.74) is 2.09. The lowest BCUT2D eigenvalue weighted by molar-refractivity contribution is -0.153. The van der Waals surface area contributed by atoms with E-state index in [-0.39, 0.29) is 28.9 Å². The third kappa shape index (κ3) is 7.30. The molecule has 0 fully saturated rings. The highest BCUT2D eigenvalue weighted by Gasteiger charge is 2.33. The SMILES string of the molecule is Cc1cc(-n2nc3c(c2NC(=O)C[S+](C)[O-])C(=O)NC(CCc2cccc(OCC(F)(F)F)c2)C3)ccc1F. The van der Waals surface area contributed by atoms with Crippen LogP contribution in [0.25, 0.3) is 5.69 Å². The fraction of sp³-hybridized carbons (Fsp3) is 0.346. The Balaban J connectivity index is 1.55. The van der Waals surface area contributed by atoms with Crippen molar-refractivity contribution in [2.45, 2.75) is 38.4 Å². The summed E-state index contributed by atoms with van der Waals surface area (Å²) >= 11 is -1.42. The maximum Gasteiger partial charge on any atom is 0.422 e. The molecular formula is C26H26F4N4O4S. The first-order valence-corrected chi connectivity index (χ1v) is 13.7. The van der Waals surface area contributed by atoms with Crippen LogP contribution in [0.1, 0.15) is 33.6 Å². The van der Waals surface area contributed by atoms with Gasteiger partial charge in [-0.2, -0.15) is 18.3 Å². The number of carbonyl (C=O) groups excluding carboxylic acids is 2. The predicted octanol–water partition coefficient (Wildman–Crippen LogP) is 3.87. The number of aromatic nitrogens is 2. The van der Waals surface area contributed by atoms with Crippen LogP contribution in [-0.2, 0) is 28.8 Å². The second-order valence-corrected chi connectivity index (χ2v) is 10.7. The van der Waals surface area contributed by atoms with Crippen LogP contribution in [0.2, 0.25) is 0 Å². The number of anilines is 1. The minimum absolute atomic E-state index is 0.0944. The third-order valence-corrected chi connectivity index (χ3v) is 6.69. The first-order chi connectivity index (χ1) is 18.4. The minimum atomic E-state index is -4.44. The van der Waals surface area contributed by atoms with Crippen molar-refractivity contribution in [3.8, 4) is 11.4 Å². The Bertz CT molecular complexity index is 1380. The summed E-state index contributed by atoms with van der Waals surface area (Å²) in [5, 5.41) is 10.1. The Kier molecular flexibility index (Phi) is 8.50. The summed E-state index contributed by atoms with van der Waals surface area (Å²) < 4.78 is 69.0. The van der Waals surface area contributed by atoms with Crippen LogP contribution in [0, 0.1) is 12.7 Å². The molecule has 4 rings (SSSR count). The lowest BCUT2D eigenvalue weighted by Crippen LogP contribution is -2.41. The number of amides is 2. The van der Waals surface area contributed by atoms with Crippen LogP contribution >= 0.6 is 0 Å². The molecule has 2 amide bonds. The van der Waals surface area contributed by atoms with Crippen LogP contribution in [0.4, 0.5) is 23.4 Å². The topological polar surface area (TPSA) is 108 Å². The number of halogens is 4. The maximum absolute atomic E-state index is 13.9. The van der Waals surface area contributed by atoms with E-state index in [9.17, 15) is 31.7 Å². The Morgan fingerprint density at radius 2 is 2.05 bits per heavy atom. The second kappa shape index (κ2) is 11.7. The van der Waals surface area contributed by atoms with Crippen molar-refractivity contribution in [3.63, 3.8) is 0 Å². The van der Waals surface area contributed by atoms with E-state index < -0.39 is 41.6 Å². The number of carbonyl (C=O) groups is 2. The van der Waals surface area contributed by atoms with Crippen LogP contribution in [0.15, 0.2) is 42.5 Å². The van der Waals surface area contributed by atoms with Gasteiger partial charge in [0.1, 0.15) is 22.9 Å². The summed E-state index contributed by atoms with van der Waals surface area (Å²) in [6.45, 7) is 0.188. The number of ether oxygens (including phenoxy) is 1. The molecule has 0 saturated carbocycles. The molecule has 2 unspecified atom stereocenters. The fourth-order valence-electron chi connectivity index (χ4n) is 4.27. The van der Waals surface area contributed by atoms with Gasteiger partial charge in [-0.1, -0.05) is 12.1 Å². The number of aryl methyl sites for hydroxylation is 2. The summed E-state index contributed by atoms with van der Waals surface area (Å²) in [6.07, 6.45) is -1.82. The molecular weight excluding hydrogens is 540 g/mol. The van der Waals surface area contributed by atoms with Gasteiger partial charge in [0.15, 0.2) is 12.4 Å². The number of alkyl halides is 3. The molecule has 2 atom stereocenters. The lowest BCUT2D eigenvalue weighted by Gasteiger charge is -2.23. The zero-order valence-corrected chi connectivity index (χ0v) is 21.9. The van der Waals surface area contributed by atoms with Gasteiger partial charge in [-0.05, 0) is 72.4 Å². The van der Waals surface area contributed by atoms with E-state index in [1.54, 1.807) is 19.1 Å². The molecule has 208 valence electrons. The summed E-state index contributed by atoms with van der Waals surface area (Å²) in [5.74, 6) is -1.55. The van der Waals surface area contributed by atoms with Gasteiger partial charge in [0, 0.05) is 12.5 Å². The first-order valence-electron chi connectivity index (χ1n) is 12.0. The second-order valence-electron chi connectivity index (χ2n) is 9.25. The standard InChI is InChI=1S/C26H26F4N4O4S/c1-15-10-18(8-9-20(15)27)34-24(32-22(35)13-39(2)37)23-21(33-34)12-17(31-25(23)36)7-6-16-4-3-5-19(11-16)38-14-26(28,29)30/h3-5,8-11,17H,6-7,12-14H2,1-2H3,(H,31,36)(H,32,35). The van der Waals surface area contributed by atoms with Gasteiger partial charge in [0.25, 0.3) is 11.8 Å². The van der Waals surface area contributed by atoms with E-state index in [4.69, 9.17) is 4.74 Å². The zero-order chi connectivity index (χ0) is 28.3. The van der Waals surface area contributed by atoms with E-state index >= 15 is 0 Å². The van der Waals surface area contributed by atoms with Gasteiger partial charge in [0.2, 0.25) is 0 Å². The molecule has 0 saturated heterocycles. The summed E-state index contributed by atoms with van der Waals surface area (Å²) in [6, 6.07) is 10.2. The highest BCUT2D eigenvalue weighted by Crippen LogP contribution is 2.30. The van der Waals surface area contributed by atoms with Gasteiger partial charge >= 0.3 is 6.18 Å². The van der Waals surface area contributed by atoms with Crippen molar-refractivity contribution in [1.29, 1.82) is 0 Å². The van der Waals surface area contributed by atoms with Gasteiger partial charge < -0.3 is 19.9 Å². The zero-order valence-electron chi connectivity index (χ0n) is 21.1. The molecule has 1 aliphatic heterocycles. The summed E-state index contributed by atoms with van der Waals surface area (Å²) in [7, 11) is 0. The molecule has 0 bridgehead atoms. The van der Waals surface area contributed by atoms with Crippen LogP contribution in [0.5, 0.6) is 5.75 Å². The fourth-order valence-corrected chi connectivity index (χ4v) is 4.71. The van der Waals surface area contributed by atoms with Crippen molar-refractivity contribution in [1.82, 2.24) is 15.1 Å². The van der Waals surface area contributed by atoms with E-state index in [1.807, 2.05) is 0 Å². The normalized spacial score (nSPS) is 15.9. The lowest BCUT2D eigenvalue weighted by atomic mass is 9.96. The van der Waals surface area contributed by atoms with E-state index in [1.165, 1.54) is 41.3 Å². The molecule has 0 aliphatic carbocycles. The number of nitrogens with one attached hydrogen (secondary N) is 2. The molecule has 3 aromatic rings. The molecule has 0 radical (unpaired) electrons. The van der Waals surface area contributed by atoms with Gasteiger partial charge in [-0.25, -0.2) is 9.07 Å². The van der Waals surface area contributed by atoms with Gasteiger partial charge in [-0.15, -0.1) is 0 Å². The number of hydrogen-bond donors (Lipinski definition) is 2. The Morgan fingerprint density at radius 1 is 1.28 bits per heavy atom. The molecule has 2 N–H and O–H groups in total. The molecule has 0 spiro atoms. The Morgan fingerprint density at radius 3 is 2.74 bits per heavy atom. The highest BCUT2D eigenvalue weighted by molar-refractivity contribution is 7.91. The molecule has 39 heavy (non-hydrogen) atoms. The van der Waals surface area contributed by atoms with E-state index in [2.05, 4.69) is 15.7 Å². The Hall–Kier alpha value is -3.58. The van der Waals surface area contributed by atoms with Crippen molar-refractivity contribution in [2.75, 3.05) is 23.9 Å².